The number of aryl methyl sites for hydroxylation is 1. The Morgan fingerprint density at radius 3 is 2.65 bits per heavy atom. The molecule has 20 heavy (non-hydrogen) atoms. The first-order valence-corrected chi connectivity index (χ1v) is 6.58. The van der Waals surface area contributed by atoms with Crippen molar-refractivity contribution in [1.29, 1.82) is 0 Å². The third-order valence-corrected chi connectivity index (χ3v) is 3.97. The van der Waals surface area contributed by atoms with Gasteiger partial charge in [0.1, 0.15) is 5.75 Å². The Morgan fingerprint density at radius 1 is 0.950 bits per heavy atom. The molecule has 0 unspecified atom stereocenters. The molecule has 0 aliphatic carbocycles. The van der Waals surface area contributed by atoms with Crippen molar-refractivity contribution in [3.63, 3.8) is 0 Å². The third kappa shape index (κ3) is 1.43. The van der Waals surface area contributed by atoms with Crippen LogP contribution in [0.4, 0.5) is 0 Å². The number of hydrogen-bond donors (Lipinski definition) is 0. The van der Waals surface area contributed by atoms with Gasteiger partial charge in [-0.1, -0.05) is 0 Å². The van der Waals surface area contributed by atoms with Crippen molar-refractivity contribution in [2.75, 3.05) is 7.11 Å². The van der Waals surface area contributed by atoms with Gasteiger partial charge in [0, 0.05) is 46.6 Å². The average molecular weight is 262 g/mol. The van der Waals surface area contributed by atoms with Crippen molar-refractivity contribution >= 4 is 32.6 Å². The van der Waals surface area contributed by atoms with E-state index in [4.69, 9.17) is 4.74 Å². The molecule has 3 heteroatoms. The number of aromatic nitrogens is 2. The number of methoxy groups -OCH3 is 1. The summed E-state index contributed by atoms with van der Waals surface area (Å²) in [5.41, 5.74) is 2.44. The lowest BCUT2D eigenvalue weighted by Gasteiger charge is -2.00. The summed E-state index contributed by atoms with van der Waals surface area (Å²) in [6.07, 6.45) is 3.74. The second-order valence-electron chi connectivity index (χ2n) is 5.03. The molecule has 0 aliphatic rings. The number of hydrogen-bond acceptors (Lipinski definition) is 2. The van der Waals surface area contributed by atoms with E-state index in [1.54, 1.807) is 7.11 Å². The first kappa shape index (κ1) is 11.3. The van der Waals surface area contributed by atoms with Gasteiger partial charge in [-0.25, -0.2) is 0 Å². The minimum absolute atomic E-state index is 0.885. The number of benzene rings is 2. The Labute approximate surface area is 116 Å². The predicted octanol–water partition coefficient (Wildman–Crippen LogP) is 3.89. The van der Waals surface area contributed by atoms with Crippen LogP contribution < -0.4 is 4.74 Å². The maximum atomic E-state index is 5.35. The monoisotopic (exact) mass is 262 g/mol. The molecule has 98 valence electrons. The molecule has 0 radical (unpaired) electrons. The van der Waals surface area contributed by atoms with E-state index >= 15 is 0 Å². The van der Waals surface area contributed by atoms with E-state index in [2.05, 4.69) is 40.9 Å². The molecule has 0 saturated heterocycles. The minimum Gasteiger partial charge on any atom is -0.497 e. The van der Waals surface area contributed by atoms with Crippen molar-refractivity contribution in [3.05, 3.63) is 48.8 Å². The number of rotatable bonds is 1. The highest BCUT2D eigenvalue weighted by atomic mass is 16.5. The number of pyridine rings is 1. The van der Waals surface area contributed by atoms with E-state index in [-0.39, 0.29) is 0 Å². The van der Waals surface area contributed by atoms with Gasteiger partial charge in [0.2, 0.25) is 0 Å². The highest BCUT2D eigenvalue weighted by molar-refractivity contribution is 6.12. The number of ether oxygens (including phenoxy) is 1. The lowest BCUT2D eigenvalue weighted by Crippen LogP contribution is -1.87. The molecule has 3 nitrogen and oxygen atoms in total. The van der Waals surface area contributed by atoms with E-state index in [0.717, 1.165) is 11.1 Å². The summed E-state index contributed by atoms with van der Waals surface area (Å²) < 4.78 is 7.57. The lowest BCUT2D eigenvalue weighted by molar-refractivity contribution is 0.415. The van der Waals surface area contributed by atoms with Crippen molar-refractivity contribution in [3.8, 4) is 5.75 Å². The Balaban J connectivity index is 2.23. The van der Waals surface area contributed by atoms with Crippen LogP contribution in [0.25, 0.3) is 32.6 Å². The molecule has 0 spiro atoms. The summed E-state index contributed by atoms with van der Waals surface area (Å²) in [4.78, 5) is 4.21. The van der Waals surface area contributed by atoms with Crippen LogP contribution in [0, 0.1) is 0 Å². The first-order chi connectivity index (χ1) is 9.78. The maximum absolute atomic E-state index is 5.35. The van der Waals surface area contributed by atoms with Crippen molar-refractivity contribution in [2.24, 2.45) is 7.05 Å². The summed E-state index contributed by atoms with van der Waals surface area (Å²) in [7, 11) is 3.80. The molecule has 0 fully saturated rings. The molecule has 0 bridgehead atoms. The van der Waals surface area contributed by atoms with Crippen molar-refractivity contribution in [1.82, 2.24) is 9.55 Å². The molecule has 4 rings (SSSR count). The van der Waals surface area contributed by atoms with Crippen molar-refractivity contribution < 1.29 is 4.74 Å². The highest BCUT2D eigenvalue weighted by Gasteiger charge is 2.10. The largest absolute Gasteiger partial charge is 0.497 e. The van der Waals surface area contributed by atoms with Crippen LogP contribution in [-0.4, -0.2) is 16.7 Å². The average Bonchev–Trinajstić information content (AvgIpc) is 2.77. The minimum atomic E-state index is 0.885. The van der Waals surface area contributed by atoms with Crippen LogP contribution in [-0.2, 0) is 7.05 Å². The van der Waals surface area contributed by atoms with Crippen LogP contribution in [0.3, 0.4) is 0 Å². The van der Waals surface area contributed by atoms with Gasteiger partial charge in [0.25, 0.3) is 0 Å². The molecular formula is C17H14N2O. The normalized spacial score (nSPS) is 11.5. The Hall–Kier alpha value is -2.55. The smallest absolute Gasteiger partial charge is 0.119 e. The van der Waals surface area contributed by atoms with Gasteiger partial charge in [-0.05, 0) is 41.8 Å². The molecule has 4 aromatic rings. The van der Waals surface area contributed by atoms with Gasteiger partial charge in [-0.15, -0.1) is 0 Å². The molecule has 2 aromatic heterocycles. The van der Waals surface area contributed by atoms with Crippen LogP contribution in [0.2, 0.25) is 0 Å². The zero-order valence-electron chi connectivity index (χ0n) is 11.4. The van der Waals surface area contributed by atoms with E-state index in [9.17, 15) is 0 Å². The zero-order chi connectivity index (χ0) is 13.7. The molecule has 2 heterocycles. The second kappa shape index (κ2) is 3.97. The number of nitrogens with zero attached hydrogens (tertiary/aromatic N) is 2. The summed E-state index contributed by atoms with van der Waals surface area (Å²) in [5.74, 6) is 0.885. The molecular weight excluding hydrogens is 248 g/mol. The van der Waals surface area contributed by atoms with Gasteiger partial charge in [-0.2, -0.15) is 0 Å². The zero-order valence-corrected chi connectivity index (χ0v) is 11.4. The Morgan fingerprint density at radius 2 is 1.80 bits per heavy atom. The van der Waals surface area contributed by atoms with Gasteiger partial charge in [0.15, 0.2) is 0 Å². The van der Waals surface area contributed by atoms with Gasteiger partial charge in [0.05, 0.1) is 7.11 Å². The van der Waals surface area contributed by atoms with Gasteiger partial charge in [-0.3, -0.25) is 4.98 Å². The van der Waals surface area contributed by atoms with Gasteiger partial charge >= 0.3 is 0 Å². The fourth-order valence-electron chi connectivity index (χ4n) is 2.90. The molecule has 0 amide bonds. The summed E-state index contributed by atoms with van der Waals surface area (Å²) in [6, 6.07) is 12.7. The van der Waals surface area contributed by atoms with E-state index in [1.807, 2.05) is 24.5 Å². The Bertz CT molecular complexity index is 953. The molecule has 0 aliphatic heterocycles. The van der Waals surface area contributed by atoms with Crippen LogP contribution in [0.15, 0.2) is 48.8 Å². The quantitative estimate of drug-likeness (QED) is 0.520. The molecule has 0 saturated carbocycles. The Kier molecular flexibility index (Phi) is 2.24. The van der Waals surface area contributed by atoms with Crippen LogP contribution in [0.5, 0.6) is 5.75 Å². The fraction of sp³-hybridized carbons (Fsp3) is 0.118. The summed E-state index contributed by atoms with van der Waals surface area (Å²) in [5, 5.41) is 4.83. The van der Waals surface area contributed by atoms with Crippen LogP contribution >= 0.6 is 0 Å². The van der Waals surface area contributed by atoms with E-state index in [1.165, 1.54) is 27.2 Å². The second-order valence-corrected chi connectivity index (χ2v) is 5.03. The molecule has 2 aromatic carbocycles. The third-order valence-electron chi connectivity index (χ3n) is 3.97. The van der Waals surface area contributed by atoms with E-state index < -0.39 is 0 Å². The number of fused-ring (bicyclic) bond motifs is 4. The highest BCUT2D eigenvalue weighted by Crippen LogP contribution is 2.33. The van der Waals surface area contributed by atoms with Crippen molar-refractivity contribution in [2.45, 2.75) is 0 Å². The standard InChI is InChI=1S/C17H14N2O/c1-19-16-4-3-13(20-2)9-15(16)14-7-12-10-18-6-5-11(12)8-17(14)19/h3-10H,1-2H3. The molecule has 0 atom stereocenters. The van der Waals surface area contributed by atoms with E-state index in [0.29, 0.717) is 0 Å². The maximum Gasteiger partial charge on any atom is 0.119 e. The predicted molar refractivity (Wildman–Crippen MR) is 82.3 cm³/mol. The summed E-state index contributed by atoms with van der Waals surface area (Å²) in [6.45, 7) is 0. The lowest BCUT2D eigenvalue weighted by atomic mass is 10.1. The summed E-state index contributed by atoms with van der Waals surface area (Å²) >= 11 is 0. The fourth-order valence-corrected chi connectivity index (χ4v) is 2.90. The molecule has 0 N–H and O–H groups in total. The SMILES string of the molecule is COc1ccc2c(c1)c1cc3cnccc3cc1n2C. The topological polar surface area (TPSA) is 27.1 Å². The van der Waals surface area contributed by atoms with Crippen LogP contribution in [0.1, 0.15) is 0 Å². The van der Waals surface area contributed by atoms with Gasteiger partial charge < -0.3 is 9.30 Å². The first-order valence-electron chi connectivity index (χ1n) is 6.58.